The van der Waals surface area contributed by atoms with Crippen LogP contribution in [-0.2, 0) is 10.3 Å². The van der Waals surface area contributed by atoms with E-state index in [-0.39, 0.29) is 5.69 Å². The zero-order valence-corrected chi connectivity index (χ0v) is 11.2. The van der Waals surface area contributed by atoms with Crippen molar-refractivity contribution in [3.63, 3.8) is 0 Å². The number of nitrogens with two attached hydrogens (primary N) is 1. The second-order valence-electron chi connectivity index (χ2n) is 5.06. The van der Waals surface area contributed by atoms with E-state index in [2.05, 4.69) is 10.1 Å². The Morgan fingerprint density at radius 1 is 1.35 bits per heavy atom. The molecule has 0 unspecified atom stereocenters. The van der Waals surface area contributed by atoms with E-state index in [1.165, 1.54) is 18.2 Å². The molecular weight excluding hydrogens is 261 g/mol. The molecule has 0 radical (unpaired) electrons. The van der Waals surface area contributed by atoms with Crippen molar-refractivity contribution in [3.8, 4) is 11.5 Å². The van der Waals surface area contributed by atoms with E-state index in [1.807, 2.05) is 0 Å². The fourth-order valence-electron chi connectivity index (χ4n) is 2.71. The van der Waals surface area contributed by atoms with E-state index in [1.54, 1.807) is 7.11 Å². The third-order valence-electron chi connectivity index (χ3n) is 3.88. The minimum Gasteiger partial charge on any atom is -0.398 e. The van der Waals surface area contributed by atoms with Crippen molar-refractivity contribution in [3.05, 3.63) is 29.8 Å². The first-order chi connectivity index (χ1) is 9.64. The van der Waals surface area contributed by atoms with E-state index in [0.29, 0.717) is 17.3 Å². The van der Waals surface area contributed by atoms with E-state index in [4.69, 9.17) is 15.0 Å². The van der Waals surface area contributed by atoms with Gasteiger partial charge in [-0.15, -0.1) is 0 Å². The van der Waals surface area contributed by atoms with Crippen molar-refractivity contribution in [1.82, 2.24) is 10.1 Å². The van der Waals surface area contributed by atoms with Crippen molar-refractivity contribution in [2.24, 2.45) is 0 Å². The van der Waals surface area contributed by atoms with Crippen molar-refractivity contribution >= 4 is 5.69 Å². The van der Waals surface area contributed by atoms with Gasteiger partial charge in [0.2, 0.25) is 5.82 Å². The maximum atomic E-state index is 13.1. The number of rotatable bonds is 3. The molecule has 2 N–H and O–H groups in total. The van der Waals surface area contributed by atoms with Crippen LogP contribution < -0.4 is 5.73 Å². The Morgan fingerprint density at radius 3 is 2.75 bits per heavy atom. The Balaban J connectivity index is 1.97. The Kier molecular flexibility index (Phi) is 3.17. The van der Waals surface area contributed by atoms with Gasteiger partial charge < -0.3 is 15.0 Å². The predicted molar refractivity (Wildman–Crippen MR) is 71.3 cm³/mol. The summed E-state index contributed by atoms with van der Waals surface area (Å²) < 4.78 is 23.9. The molecule has 0 saturated heterocycles. The lowest BCUT2D eigenvalue weighted by molar-refractivity contribution is -0.0178. The van der Waals surface area contributed by atoms with Gasteiger partial charge in [-0.05, 0) is 43.9 Å². The SMILES string of the molecule is COC1(c2noc(-c3ccc(F)cc3N)n2)CCCC1. The van der Waals surface area contributed by atoms with E-state index < -0.39 is 11.4 Å². The first kappa shape index (κ1) is 13.1. The van der Waals surface area contributed by atoms with Crippen LogP contribution in [0.15, 0.2) is 22.7 Å². The van der Waals surface area contributed by atoms with Crippen LogP contribution in [0.3, 0.4) is 0 Å². The molecular formula is C14H16FN3O2. The Hall–Kier alpha value is -1.95. The predicted octanol–water partition coefficient (Wildman–Crippen LogP) is 2.87. The highest BCUT2D eigenvalue weighted by atomic mass is 19.1. The molecule has 1 heterocycles. The van der Waals surface area contributed by atoms with E-state index in [9.17, 15) is 4.39 Å². The number of nitrogens with zero attached hydrogens (tertiary/aromatic N) is 2. The summed E-state index contributed by atoms with van der Waals surface area (Å²) in [6.07, 6.45) is 3.91. The summed E-state index contributed by atoms with van der Waals surface area (Å²) in [5.74, 6) is 0.437. The van der Waals surface area contributed by atoms with E-state index >= 15 is 0 Å². The number of aromatic nitrogens is 2. The Labute approximate surface area is 115 Å². The van der Waals surface area contributed by atoms with Crippen LogP contribution in [-0.4, -0.2) is 17.3 Å². The van der Waals surface area contributed by atoms with Crippen LogP contribution >= 0.6 is 0 Å². The normalized spacial score (nSPS) is 17.5. The van der Waals surface area contributed by atoms with Gasteiger partial charge in [-0.1, -0.05) is 5.16 Å². The number of ether oxygens (including phenoxy) is 1. The monoisotopic (exact) mass is 277 g/mol. The molecule has 3 rings (SSSR count). The molecule has 0 amide bonds. The standard InChI is InChI=1S/C14H16FN3O2/c1-19-14(6-2-3-7-14)13-17-12(20-18-13)10-5-4-9(15)8-11(10)16/h4-5,8H,2-3,6-7,16H2,1H3. The smallest absolute Gasteiger partial charge is 0.260 e. The molecule has 20 heavy (non-hydrogen) atoms. The van der Waals surface area contributed by atoms with Gasteiger partial charge in [0.15, 0.2) is 0 Å². The lowest BCUT2D eigenvalue weighted by Gasteiger charge is -2.22. The average Bonchev–Trinajstić information content (AvgIpc) is 3.08. The van der Waals surface area contributed by atoms with Gasteiger partial charge in [-0.2, -0.15) is 4.98 Å². The van der Waals surface area contributed by atoms with Crippen LogP contribution in [0.2, 0.25) is 0 Å². The minimum absolute atomic E-state index is 0.276. The molecule has 6 heteroatoms. The molecule has 2 aromatic rings. The molecule has 1 aliphatic carbocycles. The summed E-state index contributed by atoms with van der Waals surface area (Å²) in [7, 11) is 1.66. The van der Waals surface area contributed by atoms with Gasteiger partial charge in [0.1, 0.15) is 11.4 Å². The maximum Gasteiger partial charge on any atom is 0.260 e. The zero-order valence-electron chi connectivity index (χ0n) is 11.2. The Morgan fingerprint density at radius 2 is 2.10 bits per heavy atom. The molecule has 0 spiro atoms. The number of methoxy groups -OCH3 is 1. The minimum atomic E-state index is -0.462. The molecule has 5 nitrogen and oxygen atoms in total. The van der Waals surface area contributed by atoms with Gasteiger partial charge in [0, 0.05) is 12.8 Å². The lowest BCUT2D eigenvalue weighted by Crippen LogP contribution is -2.25. The second-order valence-corrected chi connectivity index (χ2v) is 5.06. The highest BCUT2D eigenvalue weighted by molar-refractivity contribution is 5.70. The van der Waals surface area contributed by atoms with Crippen LogP contribution in [0.4, 0.5) is 10.1 Å². The Bertz CT molecular complexity index is 621. The van der Waals surface area contributed by atoms with Crippen LogP contribution in [0, 0.1) is 5.82 Å². The molecule has 1 aromatic carbocycles. The van der Waals surface area contributed by atoms with Crippen molar-refractivity contribution in [1.29, 1.82) is 0 Å². The van der Waals surface area contributed by atoms with Crippen LogP contribution in [0.5, 0.6) is 0 Å². The van der Waals surface area contributed by atoms with Crippen LogP contribution in [0.1, 0.15) is 31.5 Å². The van der Waals surface area contributed by atoms with Crippen molar-refractivity contribution in [2.75, 3.05) is 12.8 Å². The molecule has 1 fully saturated rings. The number of anilines is 1. The number of benzene rings is 1. The summed E-state index contributed by atoms with van der Waals surface area (Å²) in [4.78, 5) is 4.39. The molecule has 1 saturated carbocycles. The van der Waals surface area contributed by atoms with Gasteiger partial charge in [0.05, 0.1) is 5.56 Å². The number of hydrogen-bond acceptors (Lipinski definition) is 5. The van der Waals surface area contributed by atoms with Crippen molar-refractivity contribution < 1.29 is 13.7 Å². The summed E-state index contributed by atoms with van der Waals surface area (Å²) in [5.41, 5.74) is 6.13. The lowest BCUT2D eigenvalue weighted by atomic mass is 10.0. The zero-order chi connectivity index (χ0) is 14.2. The number of nitrogen functional groups attached to an aromatic ring is 1. The number of hydrogen-bond donors (Lipinski definition) is 1. The van der Waals surface area contributed by atoms with Gasteiger partial charge >= 0.3 is 0 Å². The fraction of sp³-hybridized carbons (Fsp3) is 0.429. The second kappa shape index (κ2) is 4.86. The van der Waals surface area contributed by atoms with Crippen molar-refractivity contribution in [2.45, 2.75) is 31.3 Å². The molecule has 106 valence electrons. The molecule has 0 atom stereocenters. The molecule has 0 aliphatic heterocycles. The number of halogens is 1. The summed E-state index contributed by atoms with van der Waals surface area (Å²) in [6, 6.07) is 4.09. The fourth-order valence-corrected chi connectivity index (χ4v) is 2.71. The van der Waals surface area contributed by atoms with Gasteiger partial charge in [-0.3, -0.25) is 0 Å². The molecule has 0 bridgehead atoms. The van der Waals surface area contributed by atoms with Crippen LogP contribution in [0.25, 0.3) is 11.5 Å². The van der Waals surface area contributed by atoms with Gasteiger partial charge in [0.25, 0.3) is 5.89 Å². The topological polar surface area (TPSA) is 74.2 Å². The largest absolute Gasteiger partial charge is 0.398 e. The summed E-state index contributed by atoms with van der Waals surface area (Å²) >= 11 is 0. The third-order valence-corrected chi connectivity index (χ3v) is 3.88. The van der Waals surface area contributed by atoms with Gasteiger partial charge in [-0.25, -0.2) is 4.39 Å². The molecule has 1 aromatic heterocycles. The highest BCUT2D eigenvalue weighted by Crippen LogP contribution is 2.41. The first-order valence-electron chi connectivity index (χ1n) is 6.59. The maximum absolute atomic E-state index is 13.1. The molecule has 1 aliphatic rings. The average molecular weight is 277 g/mol. The highest BCUT2D eigenvalue weighted by Gasteiger charge is 2.40. The quantitative estimate of drug-likeness (QED) is 0.873. The summed E-state index contributed by atoms with van der Waals surface area (Å²) in [5, 5.41) is 4.02. The first-order valence-corrected chi connectivity index (χ1v) is 6.59. The summed E-state index contributed by atoms with van der Waals surface area (Å²) in [6.45, 7) is 0. The third kappa shape index (κ3) is 2.06. The van der Waals surface area contributed by atoms with E-state index in [0.717, 1.165) is 25.7 Å².